The zero-order valence-corrected chi connectivity index (χ0v) is 25.1. The minimum Gasteiger partial charge on any atom is -0.330 e. The third-order valence-corrected chi connectivity index (χ3v) is 8.37. The van der Waals surface area contributed by atoms with Crippen LogP contribution in [0.4, 0.5) is 14.5 Å². The second kappa shape index (κ2) is 12.4. The van der Waals surface area contributed by atoms with Crippen LogP contribution in [-0.4, -0.2) is 59.4 Å². The lowest BCUT2D eigenvalue weighted by atomic mass is 9.93. The number of aromatic nitrogens is 6. The first-order valence-corrected chi connectivity index (χ1v) is 14.9. The van der Waals surface area contributed by atoms with Crippen molar-refractivity contribution in [2.24, 2.45) is 5.92 Å². The Bertz CT molecular complexity index is 1750. The van der Waals surface area contributed by atoms with Crippen molar-refractivity contribution in [2.45, 2.75) is 51.6 Å². The molecular formula is C30H28Cl2F2N8O2. The molecule has 0 saturated heterocycles. The number of halogens is 4. The van der Waals surface area contributed by atoms with Crippen molar-refractivity contribution >= 4 is 46.3 Å². The molecule has 44 heavy (non-hydrogen) atoms. The highest BCUT2D eigenvalue weighted by atomic mass is 35.5. The van der Waals surface area contributed by atoms with E-state index in [2.05, 4.69) is 25.7 Å². The minimum absolute atomic E-state index is 0.202. The number of pyridine rings is 1. The smallest absolute Gasteiger partial charge is 0.257 e. The van der Waals surface area contributed by atoms with Gasteiger partial charge in [0.05, 0.1) is 41.2 Å². The Hall–Kier alpha value is -4.16. The fourth-order valence-electron chi connectivity index (χ4n) is 5.80. The molecule has 6 rings (SSSR count). The first kappa shape index (κ1) is 29.9. The molecule has 0 aliphatic carbocycles. The van der Waals surface area contributed by atoms with Crippen LogP contribution in [0.15, 0.2) is 55.0 Å². The van der Waals surface area contributed by atoms with E-state index in [9.17, 15) is 18.4 Å². The molecule has 0 saturated carbocycles. The van der Waals surface area contributed by atoms with Crippen LogP contribution >= 0.6 is 23.2 Å². The predicted octanol–water partition coefficient (Wildman–Crippen LogP) is 6.21. The fourth-order valence-corrected chi connectivity index (χ4v) is 6.10. The number of hydrogen-bond donors (Lipinski definition) is 1. The number of nitrogens with zero attached hydrogens (tertiary/aromatic N) is 7. The van der Waals surface area contributed by atoms with E-state index in [4.69, 9.17) is 23.2 Å². The van der Waals surface area contributed by atoms with Crippen molar-refractivity contribution < 1.29 is 18.4 Å². The van der Waals surface area contributed by atoms with Gasteiger partial charge in [-0.2, -0.15) is 5.10 Å². The zero-order valence-electron chi connectivity index (χ0n) is 23.6. The second-order valence-electron chi connectivity index (χ2n) is 10.9. The Morgan fingerprint density at radius 1 is 1.14 bits per heavy atom. The van der Waals surface area contributed by atoms with E-state index in [-0.39, 0.29) is 22.9 Å². The summed E-state index contributed by atoms with van der Waals surface area (Å²) >= 11 is 12.4. The molecule has 2 amide bonds. The third kappa shape index (κ3) is 6.09. The Kier molecular flexibility index (Phi) is 8.46. The number of amides is 2. The van der Waals surface area contributed by atoms with Gasteiger partial charge >= 0.3 is 0 Å². The zero-order chi connectivity index (χ0) is 31.0. The summed E-state index contributed by atoms with van der Waals surface area (Å²) in [4.78, 5) is 33.2. The Balaban J connectivity index is 1.37. The van der Waals surface area contributed by atoms with Gasteiger partial charge in [-0.25, -0.2) is 13.5 Å². The maximum Gasteiger partial charge on any atom is 0.257 e. The van der Waals surface area contributed by atoms with Gasteiger partial charge in [0.2, 0.25) is 11.8 Å². The molecule has 2 aliphatic rings. The Morgan fingerprint density at radius 2 is 1.98 bits per heavy atom. The molecule has 4 aromatic rings. The summed E-state index contributed by atoms with van der Waals surface area (Å²) in [5.41, 5.74) is 4.12. The normalized spacial score (nSPS) is 19.2. The number of alkyl halides is 2. The third-order valence-electron chi connectivity index (χ3n) is 7.96. The number of carbonyl (C=O) groups is 2. The number of benzene rings is 1. The number of anilines is 1. The van der Waals surface area contributed by atoms with Crippen LogP contribution in [-0.2, 0) is 16.1 Å². The topological polar surface area (TPSA) is 111 Å². The molecule has 3 aromatic heterocycles. The number of rotatable bonds is 5. The Morgan fingerprint density at radius 3 is 2.73 bits per heavy atom. The summed E-state index contributed by atoms with van der Waals surface area (Å²) in [6.07, 6.45) is 5.84. The number of hydrogen-bond acceptors (Lipinski definition) is 6. The molecule has 2 aliphatic heterocycles. The van der Waals surface area contributed by atoms with Crippen LogP contribution in [0.3, 0.4) is 0 Å². The number of nitrogens with one attached hydrogen (secondary N) is 1. The summed E-state index contributed by atoms with van der Waals surface area (Å²) < 4.78 is 29.6. The van der Waals surface area contributed by atoms with Crippen LogP contribution in [0.5, 0.6) is 0 Å². The molecule has 10 nitrogen and oxygen atoms in total. The van der Waals surface area contributed by atoms with Gasteiger partial charge in [0.15, 0.2) is 5.15 Å². The van der Waals surface area contributed by atoms with E-state index >= 15 is 0 Å². The molecule has 2 atom stereocenters. The predicted molar refractivity (Wildman–Crippen MR) is 162 cm³/mol. The van der Waals surface area contributed by atoms with Crippen molar-refractivity contribution in [1.29, 1.82) is 0 Å². The van der Waals surface area contributed by atoms with E-state index in [1.54, 1.807) is 53.7 Å². The summed E-state index contributed by atoms with van der Waals surface area (Å²) in [5, 5.41) is 15.7. The van der Waals surface area contributed by atoms with Crippen LogP contribution < -0.4 is 5.32 Å². The molecule has 1 N–H and O–H groups in total. The molecule has 1 aromatic carbocycles. The molecule has 2 unspecified atom stereocenters. The van der Waals surface area contributed by atoms with Crippen molar-refractivity contribution in [1.82, 2.24) is 34.7 Å². The maximum atomic E-state index is 13.8. The fraction of sp³-hybridized carbons (Fsp3) is 0.333. The number of fused-ring (bicyclic) bond motifs is 4. The van der Waals surface area contributed by atoms with Crippen LogP contribution in [0.2, 0.25) is 10.2 Å². The minimum atomic E-state index is -2.64. The molecule has 0 fully saturated rings. The number of carbonyl (C=O) groups excluding carboxylic acids is 2. The summed E-state index contributed by atoms with van der Waals surface area (Å²) in [6, 6.07) is 8.40. The monoisotopic (exact) mass is 640 g/mol. The van der Waals surface area contributed by atoms with Gasteiger partial charge in [-0.1, -0.05) is 41.8 Å². The van der Waals surface area contributed by atoms with Gasteiger partial charge in [0, 0.05) is 40.9 Å². The van der Waals surface area contributed by atoms with Crippen LogP contribution in [0.25, 0.3) is 22.5 Å². The largest absolute Gasteiger partial charge is 0.330 e. The molecular weight excluding hydrogens is 613 g/mol. The maximum absolute atomic E-state index is 13.8. The first-order valence-electron chi connectivity index (χ1n) is 14.2. The van der Waals surface area contributed by atoms with Gasteiger partial charge in [-0.05, 0) is 55.2 Å². The Labute approximate surface area is 261 Å². The van der Waals surface area contributed by atoms with Gasteiger partial charge in [-0.3, -0.25) is 19.3 Å². The highest BCUT2D eigenvalue weighted by molar-refractivity contribution is 6.31. The van der Waals surface area contributed by atoms with E-state index < -0.39 is 19.0 Å². The van der Waals surface area contributed by atoms with Crippen molar-refractivity contribution in [3.05, 3.63) is 76.4 Å². The molecule has 228 valence electrons. The molecule has 0 spiro atoms. The summed E-state index contributed by atoms with van der Waals surface area (Å²) in [5.74, 6) is -0.767. The van der Waals surface area contributed by atoms with E-state index in [0.29, 0.717) is 65.6 Å². The highest BCUT2D eigenvalue weighted by Gasteiger charge is 2.31. The van der Waals surface area contributed by atoms with E-state index in [0.717, 1.165) is 11.1 Å². The van der Waals surface area contributed by atoms with Crippen molar-refractivity contribution in [3.8, 4) is 16.9 Å². The van der Waals surface area contributed by atoms with Gasteiger partial charge < -0.3 is 10.2 Å². The molecule has 2 bridgehead atoms. The lowest BCUT2D eigenvalue weighted by Gasteiger charge is -2.34. The molecule has 5 heterocycles. The lowest BCUT2D eigenvalue weighted by molar-refractivity contribution is -0.129. The first-order chi connectivity index (χ1) is 21.2. The van der Waals surface area contributed by atoms with Gasteiger partial charge in [-0.15, -0.1) is 5.10 Å². The quantitative estimate of drug-likeness (QED) is 0.277. The second-order valence-corrected chi connectivity index (χ2v) is 11.7. The van der Waals surface area contributed by atoms with E-state index in [1.807, 2.05) is 6.92 Å². The molecule has 0 radical (unpaired) electrons. The highest BCUT2D eigenvalue weighted by Crippen LogP contribution is 2.37. The van der Waals surface area contributed by atoms with Gasteiger partial charge in [0.1, 0.15) is 6.54 Å². The average Bonchev–Trinajstić information content (AvgIpc) is 3.60. The standard InChI is InChI=1S/C30H28Cl2F2N8O2/c1-17-3-2-4-25(22-11-19(7-9-35-22)29-23(37-30(17)44)14-36-42(29)16-27(33)34)40-10-8-18(12-28(40)43)21-13-20(31)5-6-24(21)41-15-26(32)38-39-41/h5-7,9,11-15,17,25,27H,2-4,8,10,16H2,1H3,(H,37,44). The molecule has 14 heteroatoms. The van der Waals surface area contributed by atoms with Crippen LogP contribution in [0, 0.1) is 5.92 Å². The van der Waals surface area contributed by atoms with E-state index in [1.165, 1.54) is 15.6 Å². The van der Waals surface area contributed by atoms with Crippen molar-refractivity contribution in [2.75, 3.05) is 11.9 Å². The summed E-state index contributed by atoms with van der Waals surface area (Å²) in [7, 11) is 0. The van der Waals surface area contributed by atoms with Gasteiger partial charge in [0.25, 0.3) is 6.43 Å². The van der Waals surface area contributed by atoms with Crippen molar-refractivity contribution in [3.63, 3.8) is 0 Å². The summed E-state index contributed by atoms with van der Waals surface area (Å²) in [6.45, 7) is 1.59. The lowest BCUT2D eigenvalue weighted by Crippen LogP contribution is -2.38. The van der Waals surface area contributed by atoms with Crippen LogP contribution in [0.1, 0.15) is 49.9 Å². The SMILES string of the molecule is CC1CCCC(N2CCC(c3cc(Cl)ccc3-n3cc(Cl)nn3)=CC2=O)c2cc(ccn2)-c2c(cnn2CC(F)F)NC1=O. The average molecular weight is 642 g/mol.